The fourth-order valence-electron chi connectivity index (χ4n) is 3.00. The van der Waals surface area contributed by atoms with Gasteiger partial charge in [0.1, 0.15) is 12.4 Å². The molecule has 0 saturated heterocycles. The van der Waals surface area contributed by atoms with E-state index < -0.39 is 17.6 Å². The van der Waals surface area contributed by atoms with Crippen LogP contribution in [0.3, 0.4) is 0 Å². The summed E-state index contributed by atoms with van der Waals surface area (Å²) in [4.78, 5) is 11.4. The summed E-state index contributed by atoms with van der Waals surface area (Å²) in [5, 5.41) is 12.0. The van der Waals surface area contributed by atoms with E-state index in [2.05, 4.69) is 18.5 Å². The second kappa shape index (κ2) is 8.79. The van der Waals surface area contributed by atoms with Gasteiger partial charge in [0.05, 0.1) is 6.04 Å². The van der Waals surface area contributed by atoms with Crippen LogP contribution in [-0.2, 0) is 5.41 Å². The van der Waals surface area contributed by atoms with Crippen molar-refractivity contribution in [3.63, 3.8) is 0 Å². The minimum atomic E-state index is -1.07. The molecule has 1 atom stereocenters. The summed E-state index contributed by atoms with van der Waals surface area (Å²) < 4.78 is 5.95. The van der Waals surface area contributed by atoms with Crippen molar-refractivity contribution in [2.45, 2.75) is 39.2 Å². The Kier molecular flexibility index (Phi) is 6.68. The Morgan fingerprint density at radius 3 is 2.21 bits per heavy atom. The van der Waals surface area contributed by atoms with Crippen LogP contribution in [0.25, 0.3) is 11.1 Å². The van der Waals surface area contributed by atoms with Gasteiger partial charge in [0.15, 0.2) is 0 Å². The zero-order chi connectivity index (χ0) is 20.9. The summed E-state index contributed by atoms with van der Waals surface area (Å²) in [6, 6.07) is 15.3. The number of ether oxygens (including phenoxy) is 1. The Hall–Kier alpha value is -3.01. The lowest BCUT2D eigenvalue weighted by atomic mass is 9.77. The highest BCUT2D eigenvalue weighted by Gasteiger charge is 2.33. The van der Waals surface area contributed by atoms with Crippen LogP contribution in [-0.4, -0.2) is 23.8 Å². The molecule has 4 heteroatoms. The van der Waals surface area contributed by atoms with Gasteiger partial charge >= 0.3 is 6.09 Å². The molecule has 1 unspecified atom stereocenters. The molecule has 2 rings (SSSR count). The minimum Gasteiger partial charge on any atom is -0.491 e. The molecular formula is C24H29NO3. The number of allylic oxidation sites excluding steroid dienone is 2. The Morgan fingerprint density at radius 1 is 1.07 bits per heavy atom. The maximum Gasteiger partial charge on any atom is 0.405 e. The van der Waals surface area contributed by atoms with Crippen molar-refractivity contribution in [3.05, 3.63) is 78.4 Å². The maximum atomic E-state index is 11.4. The molecule has 1 amide bonds. The highest BCUT2D eigenvalue weighted by Crippen LogP contribution is 2.29. The van der Waals surface area contributed by atoms with Gasteiger partial charge in [0.2, 0.25) is 0 Å². The van der Waals surface area contributed by atoms with Crippen molar-refractivity contribution in [2.24, 2.45) is 0 Å². The van der Waals surface area contributed by atoms with E-state index in [1.807, 2.05) is 76.2 Å². The first-order chi connectivity index (χ1) is 13.1. The van der Waals surface area contributed by atoms with Gasteiger partial charge in [-0.1, -0.05) is 74.5 Å². The number of rotatable bonds is 8. The third kappa shape index (κ3) is 5.26. The number of nitrogens with one attached hydrogen (secondary N) is 1. The van der Waals surface area contributed by atoms with Crippen molar-refractivity contribution < 1.29 is 14.6 Å². The molecule has 2 aromatic rings. The zero-order valence-electron chi connectivity index (χ0n) is 17.1. The molecule has 28 heavy (non-hydrogen) atoms. The Bertz CT molecular complexity index is 866. The largest absolute Gasteiger partial charge is 0.491 e. The van der Waals surface area contributed by atoms with Gasteiger partial charge in [-0.05, 0) is 42.7 Å². The molecule has 0 bridgehead atoms. The molecule has 0 aliphatic heterocycles. The second-order valence-corrected chi connectivity index (χ2v) is 7.70. The highest BCUT2D eigenvalue weighted by atomic mass is 16.5. The van der Waals surface area contributed by atoms with E-state index >= 15 is 0 Å². The van der Waals surface area contributed by atoms with Crippen molar-refractivity contribution in [2.75, 3.05) is 6.61 Å². The number of hydrogen-bond donors (Lipinski definition) is 2. The lowest BCUT2D eigenvalue weighted by Crippen LogP contribution is -2.50. The molecule has 0 spiro atoms. The van der Waals surface area contributed by atoms with Crippen molar-refractivity contribution in [1.82, 2.24) is 5.32 Å². The van der Waals surface area contributed by atoms with E-state index in [0.717, 1.165) is 27.8 Å². The smallest absolute Gasteiger partial charge is 0.405 e. The van der Waals surface area contributed by atoms with Crippen LogP contribution in [0.1, 0.15) is 44.4 Å². The molecule has 2 aromatic carbocycles. The predicted molar refractivity (Wildman–Crippen MR) is 116 cm³/mol. The van der Waals surface area contributed by atoms with Gasteiger partial charge < -0.3 is 15.2 Å². The number of hydrogen-bond acceptors (Lipinski definition) is 2. The van der Waals surface area contributed by atoms with Gasteiger partial charge in [-0.2, -0.15) is 0 Å². The van der Waals surface area contributed by atoms with E-state index in [4.69, 9.17) is 4.74 Å². The molecule has 0 saturated carbocycles. The fourth-order valence-corrected chi connectivity index (χ4v) is 3.00. The van der Waals surface area contributed by atoms with Crippen LogP contribution < -0.4 is 10.1 Å². The van der Waals surface area contributed by atoms with Crippen LogP contribution in [0, 0.1) is 0 Å². The van der Waals surface area contributed by atoms with Crippen LogP contribution in [0.4, 0.5) is 4.79 Å². The first-order valence-electron chi connectivity index (χ1n) is 9.26. The first kappa shape index (κ1) is 21.3. The maximum absolute atomic E-state index is 11.4. The summed E-state index contributed by atoms with van der Waals surface area (Å²) in [5.41, 5.74) is 4.55. The second-order valence-electron chi connectivity index (χ2n) is 7.70. The van der Waals surface area contributed by atoms with Gasteiger partial charge in [-0.25, -0.2) is 4.79 Å². The lowest BCUT2D eigenvalue weighted by molar-refractivity contribution is 0.164. The Balaban J connectivity index is 2.23. The van der Waals surface area contributed by atoms with Crippen LogP contribution >= 0.6 is 0 Å². The molecule has 0 heterocycles. The van der Waals surface area contributed by atoms with Gasteiger partial charge in [0, 0.05) is 5.41 Å². The average molecular weight is 380 g/mol. The normalized spacial score (nSPS) is 12.1. The molecule has 0 aromatic heterocycles. The topological polar surface area (TPSA) is 58.6 Å². The quantitative estimate of drug-likeness (QED) is 0.614. The van der Waals surface area contributed by atoms with Crippen molar-refractivity contribution in [1.29, 1.82) is 0 Å². The third-order valence-corrected chi connectivity index (χ3v) is 5.03. The van der Waals surface area contributed by atoms with Gasteiger partial charge in [0.25, 0.3) is 0 Å². The molecule has 4 nitrogen and oxygen atoms in total. The van der Waals surface area contributed by atoms with E-state index in [1.54, 1.807) is 0 Å². The summed E-state index contributed by atoms with van der Waals surface area (Å²) in [7, 11) is 0. The highest BCUT2D eigenvalue weighted by molar-refractivity contribution is 5.66. The standard InChI is InChI=1S/C24H29NO3/c1-16(2)18-10-12-20(13-11-18)24(5,6)22(25-23(26)27)15-28-21-9-7-8-19(14-21)17(3)4/h7-14,22,25H,1,3,15H2,2,4-6H3,(H,26,27). The predicted octanol–water partition coefficient (Wildman–Crippen LogP) is 5.75. The number of carboxylic acid groups (broad SMARTS) is 1. The number of carbonyl (C=O) groups is 1. The zero-order valence-corrected chi connectivity index (χ0v) is 17.1. The lowest BCUT2D eigenvalue weighted by Gasteiger charge is -2.34. The van der Waals surface area contributed by atoms with Gasteiger partial charge in [-0.3, -0.25) is 0 Å². The SMILES string of the molecule is C=C(C)c1ccc(C(C)(C)C(COc2cccc(C(=C)C)c2)NC(=O)O)cc1. The van der Waals surface area contributed by atoms with E-state index in [9.17, 15) is 9.90 Å². The Labute approximate surface area is 167 Å². The van der Waals surface area contributed by atoms with Crippen LogP contribution in [0.15, 0.2) is 61.7 Å². The third-order valence-electron chi connectivity index (χ3n) is 5.03. The average Bonchev–Trinajstić information content (AvgIpc) is 2.65. The van der Waals surface area contributed by atoms with Crippen molar-refractivity contribution in [3.8, 4) is 5.75 Å². The van der Waals surface area contributed by atoms with E-state index in [-0.39, 0.29) is 6.61 Å². The summed E-state index contributed by atoms with van der Waals surface area (Å²) >= 11 is 0. The fraction of sp³-hybridized carbons (Fsp3) is 0.292. The van der Waals surface area contributed by atoms with Crippen molar-refractivity contribution >= 4 is 17.2 Å². The molecule has 148 valence electrons. The molecule has 0 fully saturated rings. The molecule has 0 aliphatic rings. The number of benzene rings is 2. The molecule has 0 aliphatic carbocycles. The van der Waals surface area contributed by atoms with Gasteiger partial charge in [-0.15, -0.1) is 0 Å². The first-order valence-corrected chi connectivity index (χ1v) is 9.26. The molecule has 2 N–H and O–H groups in total. The summed E-state index contributed by atoms with van der Waals surface area (Å²) in [5.74, 6) is 0.686. The Morgan fingerprint density at radius 2 is 1.68 bits per heavy atom. The van der Waals surface area contributed by atoms with E-state index in [1.165, 1.54) is 0 Å². The minimum absolute atomic E-state index is 0.210. The van der Waals surface area contributed by atoms with Crippen LogP contribution in [0.2, 0.25) is 0 Å². The summed E-state index contributed by atoms with van der Waals surface area (Å²) in [6.45, 7) is 16.0. The molecular weight excluding hydrogens is 350 g/mol. The monoisotopic (exact) mass is 379 g/mol. The summed E-state index contributed by atoms with van der Waals surface area (Å²) in [6.07, 6.45) is -1.07. The number of amides is 1. The van der Waals surface area contributed by atoms with E-state index in [0.29, 0.717) is 5.75 Å². The van der Waals surface area contributed by atoms with Crippen LogP contribution in [0.5, 0.6) is 5.75 Å². The molecule has 0 radical (unpaired) electrons.